The Kier molecular flexibility index (Phi) is 8.48. The van der Waals surface area contributed by atoms with Crippen LogP contribution in [0.4, 0.5) is 24.8 Å². The third-order valence-corrected chi connectivity index (χ3v) is 6.62. The van der Waals surface area contributed by atoms with Crippen LogP contribution in [0.25, 0.3) is 22.4 Å². The molecular formula is C28H30F3N7O2. The molecule has 0 radical (unpaired) electrons. The topological polar surface area (TPSA) is 105 Å². The summed E-state index contributed by atoms with van der Waals surface area (Å²) in [6.45, 7) is 9.32. The highest BCUT2D eigenvalue weighted by Gasteiger charge is 2.31. The second-order valence-electron chi connectivity index (χ2n) is 9.24. The number of fused-ring (bicyclic) bond motifs is 1. The fourth-order valence-corrected chi connectivity index (χ4v) is 4.24. The van der Waals surface area contributed by atoms with E-state index in [1.165, 1.54) is 16.7 Å². The molecule has 0 fully saturated rings. The molecule has 1 amide bonds. The van der Waals surface area contributed by atoms with Crippen LogP contribution in [0.3, 0.4) is 0 Å². The van der Waals surface area contributed by atoms with Crippen LogP contribution in [-0.2, 0) is 13.2 Å². The first-order chi connectivity index (χ1) is 19.0. The average Bonchev–Trinajstić information content (AvgIpc) is 2.94. The molecule has 40 heavy (non-hydrogen) atoms. The van der Waals surface area contributed by atoms with Crippen molar-refractivity contribution in [2.75, 3.05) is 36.8 Å². The van der Waals surface area contributed by atoms with Gasteiger partial charge in [-0.3, -0.25) is 14.2 Å². The molecule has 12 heteroatoms. The van der Waals surface area contributed by atoms with Crippen molar-refractivity contribution in [2.45, 2.75) is 26.9 Å². The molecule has 0 unspecified atom stereocenters. The lowest BCUT2D eigenvalue weighted by atomic mass is 10.0. The molecule has 9 nitrogen and oxygen atoms in total. The van der Waals surface area contributed by atoms with Gasteiger partial charge >= 0.3 is 6.18 Å². The summed E-state index contributed by atoms with van der Waals surface area (Å²) in [7, 11) is 1.59. The molecule has 0 spiro atoms. The van der Waals surface area contributed by atoms with E-state index in [-0.39, 0.29) is 11.3 Å². The molecule has 2 heterocycles. The van der Waals surface area contributed by atoms with E-state index in [1.807, 2.05) is 0 Å². The predicted molar refractivity (Wildman–Crippen MR) is 148 cm³/mol. The predicted octanol–water partition coefficient (Wildman–Crippen LogP) is 4.72. The van der Waals surface area contributed by atoms with Gasteiger partial charge in [0.1, 0.15) is 11.2 Å². The number of rotatable bonds is 9. The molecule has 0 aliphatic rings. The molecule has 0 saturated heterocycles. The molecule has 2 aromatic carbocycles. The first-order valence-corrected chi connectivity index (χ1v) is 12.8. The van der Waals surface area contributed by atoms with Crippen LogP contribution in [0.5, 0.6) is 0 Å². The van der Waals surface area contributed by atoms with Gasteiger partial charge in [-0.15, -0.1) is 0 Å². The lowest BCUT2D eigenvalue weighted by Crippen LogP contribution is -2.29. The third-order valence-electron chi connectivity index (χ3n) is 6.62. The summed E-state index contributed by atoms with van der Waals surface area (Å²) in [6.07, 6.45) is -3.03. The van der Waals surface area contributed by atoms with E-state index < -0.39 is 23.2 Å². The second-order valence-corrected chi connectivity index (χ2v) is 9.24. The van der Waals surface area contributed by atoms with Gasteiger partial charge in [0, 0.05) is 37.0 Å². The number of anilines is 2. The van der Waals surface area contributed by atoms with E-state index in [9.17, 15) is 22.8 Å². The second kappa shape index (κ2) is 11.8. The third kappa shape index (κ3) is 6.28. The largest absolute Gasteiger partial charge is 0.416 e. The van der Waals surface area contributed by atoms with Crippen LogP contribution in [0.1, 0.15) is 35.3 Å². The number of aromatic nitrogens is 4. The molecule has 0 bridgehead atoms. The molecule has 4 rings (SSSR count). The molecule has 0 aliphatic carbocycles. The number of carbonyl (C=O) groups is 1. The Morgan fingerprint density at radius 2 is 1.82 bits per heavy atom. The summed E-state index contributed by atoms with van der Waals surface area (Å²) in [6, 6.07) is 9.04. The van der Waals surface area contributed by atoms with E-state index in [2.05, 4.69) is 44.3 Å². The normalized spacial score (nSPS) is 11.7. The summed E-state index contributed by atoms with van der Waals surface area (Å²) in [5, 5.41) is 5.79. The van der Waals surface area contributed by atoms with Crippen LogP contribution in [0.15, 0.2) is 53.5 Å². The van der Waals surface area contributed by atoms with Gasteiger partial charge in [0.2, 0.25) is 5.95 Å². The van der Waals surface area contributed by atoms with Gasteiger partial charge in [-0.05, 0) is 55.9 Å². The number of alkyl halides is 3. The highest BCUT2D eigenvalue weighted by molar-refractivity contribution is 6.04. The van der Waals surface area contributed by atoms with Gasteiger partial charge in [0.05, 0.1) is 11.8 Å². The molecule has 2 aromatic heterocycles. The SMILES string of the molecule is CCN(CC)CCNc1ncc2nc(-c3cc(NC(=O)c4cccc(C(F)(F)F)c4)ccc3C)c(=O)n(C)c2n1. The van der Waals surface area contributed by atoms with Crippen LogP contribution < -0.4 is 16.2 Å². The van der Waals surface area contributed by atoms with Crippen molar-refractivity contribution in [3.63, 3.8) is 0 Å². The van der Waals surface area contributed by atoms with Crippen molar-refractivity contribution in [1.29, 1.82) is 0 Å². The standard InChI is InChI=1S/C28H30F3N7O2/c1-5-38(6-2)13-12-32-27-33-16-22-24(36-27)37(4)26(40)23(35-22)21-15-20(11-10-17(21)3)34-25(39)18-8-7-9-19(14-18)28(29,30)31/h7-11,14-16H,5-6,12-13H2,1-4H3,(H,34,39)(H,32,33,36). The van der Waals surface area contributed by atoms with E-state index in [0.29, 0.717) is 34.9 Å². The van der Waals surface area contributed by atoms with Crippen molar-refractivity contribution in [3.8, 4) is 11.3 Å². The monoisotopic (exact) mass is 553 g/mol. The maximum atomic E-state index is 13.3. The summed E-state index contributed by atoms with van der Waals surface area (Å²) in [4.78, 5) is 41.7. The number of halogens is 3. The van der Waals surface area contributed by atoms with Crippen molar-refractivity contribution in [1.82, 2.24) is 24.4 Å². The molecule has 0 aliphatic heterocycles. The van der Waals surface area contributed by atoms with Gasteiger partial charge < -0.3 is 15.5 Å². The van der Waals surface area contributed by atoms with E-state index in [1.54, 1.807) is 38.4 Å². The molecule has 0 saturated carbocycles. The number of aryl methyl sites for hydroxylation is 2. The van der Waals surface area contributed by atoms with Gasteiger partial charge in [-0.1, -0.05) is 26.0 Å². The number of nitrogens with one attached hydrogen (secondary N) is 2. The van der Waals surface area contributed by atoms with E-state index >= 15 is 0 Å². The van der Waals surface area contributed by atoms with Gasteiger partial charge in [-0.2, -0.15) is 18.2 Å². The number of benzene rings is 2. The van der Waals surface area contributed by atoms with Gasteiger partial charge in [0.25, 0.3) is 11.5 Å². The van der Waals surface area contributed by atoms with Crippen LogP contribution in [0, 0.1) is 6.92 Å². The van der Waals surface area contributed by atoms with Crippen molar-refractivity contribution < 1.29 is 18.0 Å². The van der Waals surface area contributed by atoms with Crippen LogP contribution in [0.2, 0.25) is 0 Å². The number of hydrogen-bond donors (Lipinski definition) is 2. The van der Waals surface area contributed by atoms with Crippen molar-refractivity contribution in [2.24, 2.45) is 7.05 Å². The first kappa shape index (κ1) is 28.7. The number of likely N-dealkylation sites (N-methyl/N-ethyl adjacent to an activating group) is 1. The highest BCUT2D eigenvalue weighted by atomic mass is 19.4. The smallest absolute Gasteiger partial charge is 0.353 e. The van der Waals surface area contributed by atoms with E-state index in [0.717, 1.165) is 37.3 Å². The first-order valence-electron chi connectivity index (χ1n) is 12.8. The van der Waals surface area contributed by atoms with Crippen LogP contribution >= 0.6 is 0 Å². The van der Waals surface area contributed by atoms with Crippen molar-refractivity contribution >= 4 is 28.7 Å². The van der Waals surface area contributed by atoms with Gasteiger partial charge in [0.15, 0.2) is 5.65 Å². The minimum absolute atomic E-state index is 0.133. The molecular weight excluding hydrogens is 523 g/mol. The number of hydrogen-bond acceptors (Lipinski definition) is 7. The van der Waals surface area contributed by atoms with Crippen molar-refractivity contribution in [3.05, 3.63) is 75.7 Å². The Morgan fingerprint density at radius 3 is 2.52 bits per heavy atom. The summed E-state index contributed by atoms with van der Waals surface area (Å²) < 4.78 is 40.6. The number of carbonyl (C=O) groups excluding carboxylic acids is 1. The molecule has 2 N–H and O–H groups in total. The maximum Gasteiger partial charge on any atom is 0.416 e. The Hall–Kier alpha value is -4.32. The summed E-state index contributed by atoms with van der Waals surface area (Å²) >= 11 is 0. The minimum atomic E-state index is -4.57. The highest BCUT2D eigenvalue weighted by Crippen LogP contribution is 2.30. The van der Waals surface area contributed by atoms with Crippen LogP contribution in [-0.4, -0.2) is 56.5 Å². The summed E-state index contributed by atoms with van der Waals surface area (Å²) in [5.41, 5.74) is 0.926. The maximum absolute atomic E-state index is 13.3. The molecule has 4 aromatic rings. The quantitative estimate of drug-likeness (QED) is 0.309. The lowest BCUT2D eigenvalue weighted by Gasteiger charge is -2.18. The molecule has 0 atom stereocenters. The average molecular weight is 554 g/mol. The summed E-state index contributed by atoms with van der Waals surface area (Å²) in [5.74, 6) is -0.325. The Balaban J connectivity index is 1.61. The Bertz CT molecular complexity index is 1600. The van der Waals surface area contributed by atoms with E-state index in [4.69, 9.17) is 0 Å². The minimum Gasteiger partial charge on any atom is -0.353 e. The zero-order chi connectivity index (χ0) is 29.0. The fraction of sp³-hybridized carbons (Fsp3) is 0.321. The number of nitrogens with zero attached hydrogens (tertiary/aromatic N) is 5. The Labute approximate surface area is 229 Å². The lowest BCUT2D eigenvalue weighted by molar-refractivity contribution is -0.137. The zero-order valence-electron chi connectivity index (χ0n) is 22.6. The van der Waals surface area contributed by atoms with Gasteiger partial charge in [-0.25, -0.2) is 9.97 Å². The zero-order valence-corrected chi connectivity index (χ0v) is 22.6. The molecule has 210 valence electrons. The fourth-order valence-electron chi connectivity index (χ4n) is 4.24. The Morgan fingerprint density at radius 1 is 1.07 bits per heavy atom. The number of amides is 1.